The molecule has 3 amide bonds. The molecule has 0 saturated heterocycles. The number of carbonyl (C=O) groups excluding carboxylic acids is 2. The van der Waals surface area contributed by atoms with Crippen molar-refractivity contribution in [3.05, 3.63) is 35.9 Å². The first-order valence-corrected chi connectivity index (χ1v) is 6.32. The fourth-order valence-corrected chi connectivity index (χ4v) is 1.61. The maximum atomic E-state index is 11.8. The first-order chi connectivity index (χ1) is 9.77. The largest absolute Gasteiger partial charge is 0.479 e. The van der Waals surface area contributed by atoms with E-state index in [-0.39, 0.29) is 12.5 Å². The summed E-state index contributed by atoms with van der Waals surface area (Å²) in [5, 5.41) is 14.1. The van der Waals surface area contributed by atoms with Crippen LogP contribution in [0.4, 0.5) is 4.79 Å². The Kier molecular flexibility index (Phi) is 5.29. The summed E-state index contributed by atoms with van der Waals surface area (Å²) >= 11 is 0. The number of hydrogen-bond donors (Lipinski definition) is 3. The number of benzene rings is 1. The Hall–Kier alpha value is -2.57. The Bertz CT molecular complexity index is 530. The van der Waals surface area contributed by atoms with Crippen LogP contribution in [0, 0.1) is 0 Å². The molecule has 1 unspecified atom stereocenters. The van der Waals surface area contributed by atoms with Gasteiger partial charge in [0.05, 0.1) is 6.54 Å². The fraction of sp³-hybridized carbons (Fsp3) is 0.357. The first kappa shape index (κ1) is 16.5. The highest BCUT2D eigenvalue weighted by molar-refractivity contribution is 5.89. The second-order valence-corrected chi connectivity index (χ2v) is 4.89. The van der Waals surface area contributed by atoms with Gasteiger partial charge in [-0.3, -0.25) is 4.79 Å². The van der Waals surface area contributed by atoms with Crippen LogP contribution in [-0.4, -0.2) is 48.6 Å². The molecule has 0 aliphatic carbocycles. The van der Waals surface area contributed by atoms with Gasteiger partial charge in [0.2, 0.25) is 5.91 Å². The monoisotopic (exact) mass is 293 g/mol. The van der Waals surface area contributed by atoms with Crippen molar-refractivity contribution in [2.75, 3.05) is 20.6 Å². The summed E-state index contributed by atoms with van der Waals surface area (Å²) in [6, 6.07) is 7.62. The average molecular weight is 293 g/mol. The van der Waals surface area contributed by atoms with Crippen LogP contribution in [0.25, 0.3) is 0 Å². The summed E-state index contributed by atoms with van der Waals surface area (Å²) in [6.45, 7) is 1.18. The van der Waals surface area contributed by atoms with Gasteiger partial charge in [-0.05, 0) is 12.5 Å². The third-order valence-corrected chi connectivity index (χ3v) is 3.04. The topological polar surface area (TPSA) is 98.7 Å². The number of carboxylic acids is 1. The summed E-state index contributed by atoms with van der Waals surface area (Å²) in [5.74, 6) is -1.48. The second kappa shape index (κ2) is 6.74. The molecule has 0 aromatic heterocycles. The molecule has 1 rings (SSSR count). The smallest absolute Gasteiger partial charge is 0.333 e. The van der Waals surface area contributed by atoms with Crippen LogP contribution in [-0.2, 0) is 15.1 Å². The van der Waals surface area contributed by atoms with Gasteiger partial charge in [-0.15, -0.1) is 0 Å². The molecule has 0 spiro atoms. The Morgan fingerprint density at radius 3 is 2.24 bits per heavy atom. The minimum absolute atomic E-state index is 0.205. The molecule has 0 radical (unpaired) electrons. The predicted octanol–water partition coefficient (Wildman–Crippen LogP) is 0.374. The number of nitrogens with one attached hydrogen (secondary N) is 2. The molecule has 3 N–H and O–H groups in total. The van der Waals surface area contributed by atoms with Crippen molar-refractivity contribution >= 4 is 17.9 Å². The van der Waals surface area contributed by atoms with Gasteiger partial charge < -0.3 is 20.6 Å². The van der Waals surface area contributed by atoms with E-state index in [4.69, 9.17) is 0 Å². The highest BCUT2D eigenvalue weighted by Crippen LogP contribution is 2.20. The van der Waals surface area contributed by atoms with E-state index in [0.717, 1.165) is 0 Å². The number of urea groups is 1. The van der Waals surface area contributed by atoms with Crippen molar-refractivity contribution in [3.8, 4) is 0 Å². The third-order valence-electron chi connectivity index (χ3n) is 3.04. The van der Waals surface area contributed by atoms with E-state index in [1.54, 1.807) is 44.4 Å². The molecule has 0 bridgehead atoms. The minimum atomic E-state index is -1.58. The van der Waals surface area contributed by atoms with E-state index in [1.807, 2.05) is 0 Å². The number of nitrogens with zero attached hydrogens (tertiary/aromatic N) is 1. The standard InChI is InChI=1S/C14H19N3O4/c1-14(12(19)20,10-7-5-4-6-8-10)16-13(21)15-9-11(18)17(2)3/h4-8H,9H2,1-3H3,(H,19,20)(H2,15,16,21). The van der Waals surface area contributed by atoms with Gasteiger partial charge in [0, 0.05) is 14.1 Å². The zero-order valence-corrected chi connectivity index (χ0v) is 12.2. The average Bonchev–Trinajstić information content (AvgIpc) is 2.45. The number of amides is 3. The molecule has 0 heterocycles. The van der Waals surface area contributed by atoms with Crippen LogP contribution in [0.1, 0.15) is 12.5 Å². The second-order valence-electron chi connectivity index (χ2n) is 4.89. The molecule has 0 saturated carbocycles. The van der Waals surface area contributed by atoms with Gasteiger partial charge in [-0.1, -0.05) is 30.3 Å². The quantitative estimate of drug-likeness (QED) is 0.730. The Morgan fingerprint density at radius 2 is 1.76 bits per heavy atom. The number of hydrogen-bond acceptors (Lipinski definition) is 3. The van der Waals surface area contributed by atoms with Gasteiger partial charge in [-0.25, -0.2) is 9.59 Å². The lowest BCUT2D eigenvalue weighted by atomic mass is 9.92. The van der Waals surface area contributed by atoms with E-state index in [2.05, 4.69) is 10.6 Å². The molecule has 7 heteroatoms. The summed E-state index contributed by atoms with van der Waals surface area (Å²) < 4.78 is 0. The summed E-state index contributed by atoms with van der Waals surface area (Å²) in [4.78, 5) is 36.0. The first-order valence-electron chi connectivity index (χ1n) is 6.32. The lowest BCUT2D eigenvalue weighted by Crippen LogP contribution is -2.54. The lowest BCUT2D eigenvalue weighted by Gasteiger charge is -2.27. The Labute approximate surface area is 122 Å². The molecule has 1 aromatic carbocycles. The van der Waals surface area contributed by atoms with Crippen LogP contribution in [0.2, 0.25) is 0 Å². The van der Waals surface area contributed by atoms with Crippen LogP contribution < -0.4 is 10.6 Å². The SMILES string of the molecule is CN(C)C(=O)CNC(=O)NC(C)(C(=O)O)c1ccccc1. The van der Waals surface area contributed by atoms with Crippen molar-refractivity contribution in [1.82, 2.24) is 15.5 Å². The van der Waals surface area contributed by atoms with Crippen molar-refractivity contribution < 1.29 is 19.5 Å². The highest BCUT2D eigenvalue weighted by Gasteiger charge is 2.36. The molecule has 0 aliphatic rings. The van der Waals surface area contributed by atoms with Gasteiger partial charge in [0.25, 0.3) is 0 Å². The molecule has 0 aliphatic heterocycles. The molecule has 1 atom stereocenters. The lowest BCUT2D eigenvalue weighted by molar-refractivity contribution is -0.144. The summed E-state index contributed by atoms with van der Waals surface area (Å²) in [6.07, 6.45) is 0. The van der Waals surface area contributed by atoms with Gasteiger partial charge in [0.15, 0.2) is 5.54 Å². The number of carboxylic acid groups (broad SMARTS) is 1. The van der Waals surface area contributed by atoms with E-state index in [9.17, 15) is 19.5 Å². The zero-order valence-electron chi connectivity index (χ0n) is 12.2. The van der Waals surface area contributed by atoms with Crippen LogP contribution in [0.3, 0.4) is 0 Å². The number of carbonyl (C=O) groups is 3. The van der Waals surface area contributed by atoms with Crippen molar-refractivity contribution in [2.45, 2.75) is 12.5 Å². The molecule has 114 valence electrons. The molecule has 7 nitrogen and oxygen atoms in total. The van der Waals surface area contributed by atoms with Gasteiger partial charge in [0.1, 0.15) is 0 Å². The molecular weight excluding hydrogens is 274 g/mol. The minimum Gasteiger partial charge on any atom is -0.479 e. The highest BCUT2D eigenvalue weighted by atomic mass is 16.4. The number of aliphatic carboxylic acids is 1. The van der Waals surface area contributed by atoms with E-state index in [1.165, 1.54) is 11.8 Å². The maximum absolute atomic E-state index is 11.8. The van der Waals surface area contributed by atoms with Crippen molar-refractivity contribution in [3.63, 3.8) is 0 Å². The Morgan fingerprint density at radius 1 is 1.19 bits per heavy atom. The van der Waals surface area contributed by atoms with Crippen LogP contribution >= 0.6 is 0 Å². The number of rotatable bonds is 5. The summed E-state index contributed by atoms with van der Waals surface area (Å²) in [7, 11) is 3.13. The van der Waals surface area contributed by atoms with Crippen LogP contribution in [0.15, 0.2) is 30.3 Å². The van der Waals surface area contributed by atoms with E-state index >= 15 is 0 Å². The Balaban J connectivity index is 2.78. The van der Waals surface area contributed by atoms with Crippen molar-refractivity contribution in [1.29, 1.82) is 0 Å². The predicted molar refractivity (Wildman–Crippen MR) is 76.7 cm³/mol. The molecule has 1 aromatic rings. The molecule has 21 heavy (non-hydrogen) atoms. The summed E-state index contributed by atoms with van der Waals surface area (Å²) in [5.41, 5.74) is -1.14. The maximum Gasteiger partial charge on any atom is 0.333 e. The van der Waals surface area contributed by atoms with Gasteiger partial charge >= 0.3 is 12.0 Å². The fourth-order valence-electron chi connectivity index (χ4n) is 1.61. The number of likely N-dealkylation sites (N-methyl/N-ethyl adjacent to an activating group) is 1. The van der Waals surface area contributed by atoms with Crippen LogP contribution in [0.5, 0.6) is 0 Å². The molecule has 0 fully saturated rings. The van der Waals surface area contributed by atoms with E-state index in [0.29, 0.717) is 5.56 Å². The van der Waals surface area contributed by atoms with E-state index < -0.39 is 17.5 Å². The zero-order chi connectivity index (χ0) is 16.0. The third kappa shape index (κ3) is 4.20. The van der Waals surface area contributed by atoms with Gasteiger partial charge in [-0.2, -0.15) is 0 Å². The molecular formula is C14H19N3O4. The normalized spacial score (nSPS) is 12.9. The van der Waals surface area contributed by atoms with Crippen molar-refractivity contribution in [2.24, 2.45) is 0 Å².